The second-order valence-corrected chi connectivity index (χ2v) is 6.14. The van der Waals surface area contributed by atoms with E-state index in [-0.39, 0.29) is 11.8 Å². The van der Waals surface area contributed by atoms with Gasteiger partial charge in [-0.15, -0.1) is 0 Å². The second-order valence-electron chi connectivity index (χ2n) is 6.14. The third kappa shape index (κ3) is 2.73. The molecule has 0 atom stereocenters. The van der Waals surface area contributed by atoms with Crippen LogP contribution >= 0.6 is 0 Å². The zero-order chi connectivity index (χ0) is 14.9. The van der Waals surface area contributed by atoms with Crippen LogP contribution in [0.5, 0.6) is 0 Å². The first-order chi connectivity index (χ1) is 10.8. The highest BCUT2D eigenvalue weighted by Crippen LogP contribution is 2.26. The molecule has 22 heavy (non-hydrogen) atoms. The number of carbonyl (C=O) groups is 1. The Kier molecular flexibility index (Phi) is 3.36. The van der Waals surface area contributed by atoms with E-state index in [0.717, 1.165) is 50.0 Å². The van der Waals surface area contributed by atoms with Crippen LogP contribution in [0.15, 0.2) is 24.7 Å². The first-order valence-electron chi connectivity index (χ1n) is 7.92. The number of hydrogen-bond acceptors (Lipinski definition) is 5. The third-order valence-electron chi connectivity index (χ3n) is 4.46. The summed E-state index contributed by atoms with van der Waals surface area (Å²) in [6.07, 6.45) is 9.28. The summed E-state index contributed by atoms with van der Waals surface area (Å²) in [4.78, 5) is 27.2. The highest BCUT2D eigenvalue weighted by atomic mass is 16.2. The number of carbonyl (C=O) groups excluding carboxylic acids is 1. The Morgan fingerprint density at radius 2 is 1.86 bits per heavy atom. The Balaban J connectivity index is 1.42. The number of piperidine rings is 1. The minimum Gasteiger partial charge on any atom is -0.370 e. The molecule has 0 spiro atoms. The van der Waals surface area contributed by atoms with Gasteiger partial charge in [0.15, 0.2) is 5.65 Å². The van der Waals surface area contributed by atoms with Gasteiger partial charge in [0.2, 0.25) is 5.91 Å². The van der Waals surface area contributed by atoms with E-state index in [1.165, 1.54) is 0 Å². The van der Waals surface area contributed by atoms with Gasteiger partial charge in [0.05, 0.1) is 11.9 Å². The summed E-state index contributed by atoms with van der Waals surface area (Å²) < 4.78 is 0. The van der Waals surface area contributed by atoms with Crippen molar-refractivity contribution in [2.24, 2.45) is 5.92 Å². The molecular weight excluding hydrogens is 278 g/mol. The lowest BCUT2D eigenvalue weighted by Crippen LogP contribution is -2.41. The van der Waals surface area contributed by atoms with Crippen LogP contribution in [-0.2, 0) is 4.79 Å². The topological polar surface area (TPSA) is 71.0 Å². The molecule has 4 rings (SSSR count). The molecule has 0 aromatic carbocycles. The fourth-order valence-electron chi connectivity index (χ4n) is 2.97. The molecule has 3 heterocycles. The Bertz CT molecular complexity index is 692. The molecule has 1 saturated heterocycles. The molecule has 0 radical (unpaired) electrons. The van der Waals surface area contributed by atoms with Crippen molar-refractivity contribution in [2.45, 2.75) is 31.7 Å². The Hall–Kier alpha value is -2.24. The van der Waals surface area contributed by atoms with E-state index in [4.69, 9.17) is 0 Å². The third-order valence-corrected chi connectivity index (χ3v) is 4.46. The van der Waals surface area contributed by atoms with E-state index in [1.807, 2.05) is 12.3 Å². The number of rotatable bonds is 3. The van der Waals surface area contributed by atoms with Crippen molar-refractivity contribution in [1.29, 1.82) is 0 Å². The summed E-state index contributed by atoms with van der Waals surface area (Å²) in [6, 6.07) is 2.48. The van der Waals surface area contributed by atoms with Crippen molar-refractivity contribution in [2.75, 3.05) is 18.0 Å². The van der Waals surface area contributed by atoms with Gasteiger partial charge >= 0.3 is 0 Å². The summed E-state index contributed by atoms with van der Waals surface area (Å²) in [5, 5.41) is 3.11. The lowest BCUT2D eigenvalue weighted by atomic mass is 9.95. The van der Waals surface area contributed by atoms with E-state index < -0.39 is 0 Å². The average molecular weight is 297 g/mol. The molecule has 0 unspecified atom stereocenters. The van der Waals surface area contributed by atoms with E-state index in [0.29, 0.717) is 11.7 Å². The van der Waals surface area contributed by atoms with Gasteiger partial charge in [0.1, 0.15) is 5.52 Å². The molecule has 2 aromatic heterocycles. The molecule has 1 saturated carbocycles. The first kappa shape index (κ1) is 13.4. The number of pyridine rings is 1. The van der Waals surface area contributed by atoms with Gasteiger partial charge in [-0.2, -0.15) is 0 Å². The maximum absolute atomic E-state index is 12.1. The summed E-state index contributed by atoms with van der Waals surface area (Å²) in [7, 11) is 0. The van der Waals surface area contributed by atoms with Crippen molar-refractivity contribution in [3.63, 3.8) is 0 Å². The molecule has 1 N–H and O–H groups in total. The zero-order valence-corrected chi connectivity index (χ0v) is 12.4. The first-order valence-corrected chi connectivity index (χ1v) is 7.92. The van der Waals surface area contributed by atoms with Crippen LogP contribution < -0.4 is 10.2 Å². The largest absolute Gasteiger partial charge is 0.370 e. The van der Waals surface area contributed by atoms with Crippen molar-refractivity contribution < 1.29 is 4.79 Å². The predicted octanol–water partition coefficient (Wildman–Crippen LogP) is 1.52. The molecule has 1 aliphatic heterocycles. The van der Waals surface area contributed by atoms with Crippen LogP contribution in [0.2, 0.25) is 0 Å². The Morgan fingerprint density at radius 1 is 1.09 bits per heavy atom. The summed E-state index contributed by atoms with van der Waals surface area (Å²) in [5.41, 5.74) is 2.55. The van der Waals surface area contributed by atoms with E-state index in [9.17, 15) is 4.79 Å². The maximum atomic E-state index is 12.1. The van der Waals surface area contributed by atoms with Crippen LogP contribution in [0, 0.1) is 5.92 Å². The van der Waals surface area contributed by atoms with Crippen LogP contribution in [0.1, 0.15) is 25.7 Å². The summed E-state index contributed by atoms with van der Waals surface area (Å²) in [5.74, 6) is 0.398. The number of nitrogens with one attached hydrogen (secondary N) is 1. The quantitative estimate of drug-likeness (QED) is 0.930. The predicted molar refractivity (Wildman–Crippen MR) is 83.4 cm³/mol. The van der Waals surface area contributed by atoms with E-state index in [2.05, 4.69) is 25.2 Å². The van der Waals surface area contributed by atoms with Crippen LogP contribution in [0.4, 0.5) is 5.69 Å². The maximum Gasteiger partial charge on any atom is 0.223 e. The van der Waals surface area contributed by atoms with Gasteiger partial charge < -0.3 is 10.2 Å². The molecule has 1 amide bonds. The minimum atomic E-state index is 0.157. The van der Waals surface area contributed by atoms with Gasteiger partial charge in [0.25, 0.3) is 0 Å². The van der Waals surface area contributed by atoms with E-state index in [1.54, 1.807) is 12.4 Å². The number of aromatic nitrogens is 3. The molecule has 2 aromatic rings. The Morgan fingerprint density at radius 3 is 2.64 bits per heavy atom. The zero-order valence-electron chi connectivity index (χ0n) is 12.4. The fraction of sp³-hybridized carbons (Fsp3) is 0.500. The highest BCUT2D eigenvalue weighted by molar-refractivity contribution is 5.80. The number of amides is 1. The SMILES string of the molecule is O=C(NC1CC1)C1CCN(c2cnc3nccnc3c2)CC1. The lowest BCUT2D eigenvalue weighted by molar-refractivity contribution is -0.125. The van der Waals surface area contributed by atoms with E-state index >= 15 is 0 Å². The van der Waals surface area contributed by atoms with Crippen molar-refractivity contribution in [3.05, 3.63) is 24.7 Å². The fourth-order valence-corrected chi connectivity index (χ4v) is 2.97. The average Bonchev–Trinajstić information content (AvgIpc) is 3.38. The number of nitrogens with zero attached hydrogens (tertiary/aromatic N) is 4. The van der Waals surface area contributed by atoms with Crippen molar-refractivity contribution in [1.82, 2.24) is 20.3 Å². The monoisotopic (exact) mass is 297 g/mol. The smallest absolute Gasteiger partial charge is 0.223 e. The molecule has 114 valence electrons. The standard InChI is InChI=1S/C16H19N5O/c22-16(20-12-1-2-12)11-3-7-21(8-4-11)13-9-14-15(19-10-13)18-6-5-17-14/h5-6,9-12H,1-4,7-8H2,(H,20,22). The molecular formula is C16H19N5O. The van der Waals surface area contributed by atoms with Crippen LogP contribution in [0.3, 0.4) is 0 Å². The van der Waals surface area contributed by atoms with Gasteiger partial charge in [0, 0.05) is 37.4 Å². The second kappa shape index (κ2) is 5.51. The molecule has 6 heteroatoms. The number of anilines is 1. The molecule has 2 aliphatic rings. The van der Waals surface area contributed by atoms with Crippen LogP contribution in [0.25, 0.3) is 11.2 Å². The normalized spacial score (nSPS) is 19.4. The van der Waals surface area contributed by atoms with Crippen molar-refractivity contribution >= 4 is 22.8 Å². The number of hydrogen-bond donors (Lipinski definition) is 1. The van der Waals surface area contributed by atoms with Gasteiger partial charge in [-0.1, -0.05) is 0 Å². The lowest BCUT2D eigenvalue weighted by Gasteiger charge is -2.32. The van der Waals surface area contributed by atoms with Crippen molar-refractivity contribution in [3.8, 4) is 0 Å². The molecule has 6 nitrogen and oxygen atoms in total. The van der Waals surface area contributed by atoms with Gasteiger partial charge in [-0.25, -0.2) is 9.97 Å². The summed E-state index contributed by atoms with van der Waals surface area (Å²) >= 11 is 0. The molecule has 0 bridgehead atoms. The highest BCUT2D eigenvalue weighted by Gasteiger charge is 2.30. The number of fused-ring (bicyclic) bond motifs is 1. The van der Waals surface area contributed by atoms with Gasteiger partial charge in [-0.3, -0.25) is 9.78 Å². The van der Waals surface area contributed by atoms with Gasteiger partial charge in [-0.05, 0) is 31.7 Å². The molecule has 1 aliphatic carbocycles. The summed E-state index contributed by atoms with van der Waals surface area (Å²) in [6.45, 7) is 1.77. The Labute approximate surface area is 129 Å². The van der Waals surface area contributed by atoms with Crippen LogP contribution in [-0.4, -0.2) is 40.0 Å². The molecule has 2 fully saturated rings. The minimum absolute atomic E-state index is 0.157.